The van der Waals surface area contributed by atoms with E-state index in [0.717, 1.165) is 11.3 Å². The molecule has 0 spiro atoms. The molecule has 1 aromatic heterocycles. The van der Waals surface area contributed by atoms with Gasteiger partial charge in [0, 0.05) is 10.9 Å². The minimum absolute atomic E-state index is 0.916. The van der Waals surface area contributed by atoms with Gasteiger partial charge in [-0.2, -0.15) is 0 Å². The molecule has 0 saturated carbocycles. The average Bonchev–Trinajstić information content (AvgIpc) is 2.68. The normalized spacial score (nSPS) is 10.4. The smallest absolute Gasteiger partial charge is 0.137 e. The first-order valence-corrected chi connectivity index (χ1v) is 6.02. The Morgan fingerprint density at radius 2 is 1.88 bits per heavy atom. The van der Waals surface area contributed by atoms with E-state index in [2.05, 4.69) is 38.6 Å². The third kappa shape index (κ3) is 2.68. The summed E-state index contributed by atoms with van der Waals surface area (Å²) in [6.07, 6.45) is 5.58. The maximum absolute atomic E-state index is 5.80. The molecule has 17 heavy (non-hydrogen) atoms. The van der Waals surface area contributed by atoms with Gasteiger partial charge in [-0.1, -0.05) is 50.8 Å². The Hall–Kier alpha value is -1.76. The van der Waals surface area contributed by atoms with Crippen LogP contribution in [0.5, 0.6) is 0 Å². The first kappa shape index (κ1) is 13.3. The summed E-state index contributed by atoms with van der Waals surface area (Å²) in [5.74, 6) is 0.916. The largest absolute Gasteiger partial charge is 0.456 e. The van der Waals surface area contributed by atoms with Crippen molar-refractivity contribution in [3.05, 3.63) is 53.8 Å². The maximum atomic E-state index is 5.80. The predicted molar refractivity (Wildman–Crippen MR) is 76.3 cm³/mol. The number of hydrogen-bond acceptors (Lipinski definition) is 1. The Balaban J connectivity index is 0.000000686. The van der Waals surface area contributed by atoms with Crippen molar-refractivity contribution in [3.8, 4) is 0 Å². The van der Waals surface area contributed by atoms with Crippen LogP contribution in [0, 0.1) is 13.8 Å². The van der Waals surface area contributed by atoms with Gasteiger partial charge >= 0.3 is 0 Å². The van der Waals surface area contributed by atoms with E-state index in [4.69, 9.17) is 4.42 Å². The Bertz CT molecular complexity index is 530. The molecule has 0 amide bonds. The molecule has 0 saturated heterocycles. The van der Waals surface area contributed by atoms with Crippen molar-refractivity contribution >= 4 is 17.0 Å². The van der Waals surface area contributed by atoms with Crippen molar-refractivity contribution < 1.29 is 4.42 Å². The predicted octanol–water partition coefficient (Wildman–Crippen LogP) is 5.28. The fourth-order valence-electron chi connectivity index (χ4n) is 1.72. The zero-order valence-electron chi connectivity index (χ0n) is 11.1. The zero-order chi connectivity index (χ0) is 12.8. The van der Waals surface area contributed by atoms with Crippen molar-refractivity contribution in [2.75, 3.05) is 0 Å². The molecule has 0 aliphatic carbocycles. The number of aryl methyl sites for hydroxylation is 2. The highest BCUT2D eigenvalue weighted by Gasteiger charge is 2.08. The molecular formula is C16H20O. The van der Waals surface area contributed by atoms with Gasteiger partial charge in [-0.3, -0.25) is 0 Å². The topological polar surface area (TPSA) is 13.1 Å². The maximum Gasteiger partial charge on any atom is 0.137 e. The number of hydrogen-bond donors (Lipinski definition) is 0. The minimum atomic E-state index is 0.916. The quantitative estimate of drug-likeness (QED) is 0.638. The van der Waals surface area contributed by atoms with Crippen molar-refractivity contribution in [2.45, 2.75) is 27.7 Å². The van der Waals surface area contributed by atoms with Crippen LogP contribution in [-0.4, -0.2) is 0 Å². The highest BCUT2D eigenvalue weighted by atomic mass is 16.3. The van der Waals surface area contributed by atoms with Crippen LogP contribution in [0.15, 0.2) is 41.3 Å². The average molecular weight is 228 g/mol. The van der Waals surface area contributed by atoms with E-state index in [1.54, 1.807) is 6.08 Å². The highest BCUT2D eigenvalue weighted by molar-refractivity contribution is 5.86. The molecule has 2 rings (SSSR count). The summed E-state index contributed by atoms with van der Waals surface area (Å²) < 4.78 is 5.80. The molecule has 0 aliphatic rings. The lowest BCUT2D eigenvalue weighted by molar-refractivity contribution is 0.599. The second kappa shape index (κ2) is 6.09. The van der Waals surface area contributed by atoms with Crippen LogP contribution < -0.4 is 0 Å². The first-order chi connectivity index (χ1) is 8.24. The lowest BCUT2D eigenvalue weighted by Crippen LogP contribution is -1.73. The Labute approximate surface area is 103 Å². The number of furan rings is 1. The number of allylic oxidation sites excluding steroid dienone is 2. The molecular weight excluding hydrogens is 208 g/mol. The molecule has 0 N–H and O–H groups in total. The van der Waals surface area contributed by atoms with Crippen LogP contribution in [0.2, 0.25) is 0 Å². The molecule has 0 atom stereocenters. The van der Waals surface area contributed by atoms with E-state index < -0.39 is 0 Å². The highest BCUT2D eigenvalue weighted by Crippen LogP contribution is 2.28. The lowest BCUT2D eigenvalue weighted by Gasteiger charge is -1.92. The number of benzene rings is 1. The molecule has 1 heteroatoms. The van der Waals surface area contributed by atoms with Crippen molar-refractivity contribution in [1.82, 2.24) is 0 Å². The van der Waals surface area contributed by atoms with Gasteiger partial charge in [0.05, 0.1) is 0 Å². The molecule has 0 radical (unpaired) electrons. The van der Waals surface area contributed by atoms with Crippen LogP contribution >= 0.6 is 0 Å². The Kier molecular flexibility index (Phi) is 4.77. The van der Waals surface area contributed by atoms with E-state index in [1.165, 1.54) is 16.5 Å². The van der Waals surface area contributed by atoms with Crippen molar-refractivity contribution in [3.63, 3.8) is 0 Å². The zero-order valence-corrected chi connectivity index (χ0v) is 11.1. The van der Waals surface area contributed by atoms with E-state index in [9.17, 15) is 0 Å². The fourth-order valence-corrected chi connectivity index (χ4v) is 1.72. The van der Waals surface area contributed by atoms with Gasteiger partial charge in [0.2, 0.25) is 0 Å². The Morgan fingerprint density at radius 1 is 1.18 bits per heavy atom. The molecule has 0 fully saturated rings. The molecule has 90 valence electrons. The third-order valence-corrected chi connectivity index (χ3v) is 2.58. The second-order valence-corrected chi connectivity index (χ2v) is 3.64. The van der Waals surface area contributed by atoms with Crippen LogP contribution in [0.3, 0.4) is 0 Å². The summed E-state index contributed by atoms with van der Waals surface area (Å²) in [6, 6.07) is 6.21. The summed E-state index contributed by atoms with van der Waals surface area (Å²) >= 11 is 0. The lowest BCUT2D eigenvalue weighted by atomic mass is 10.1. The molecule has 1 nitrogen and oxygen atoms in total. The van der Waals surface area contributed by atoms with Crippen LogP contribution in [0.4, 0.5) is 0 Å². The first-order valence-electron chi connectivity index (χ1n) is 6.02. The van der Waals surface area contributed by atoms with Gasteiger partial charge < -0.3 is 4.42 Å². The summed E-state index contributed by atoms with van der Waals surface area (Å²) in [4.78, 5) is 0. The fraction of sp³-hybridized carbons (Fsp3) is 0.250. The third-order valence-electron chi connectivity index (χ3n) is 2.58. The second-order valence-electron chi connectivity index (χ2n) is 3.64. The van der Waals surface area contributed by atoms with Gasteiger partial charge in [0.25, 0.3) is 0 Å². The molecule has 1 aromatic carbocycles. The molecule has 0 unspecified atom stereocenters. The van der Waals surface area contributed by atoms with Gasteiger partial charge in [-0.15, -0.1) is 0 Å². The number of fused-ring (bicyclic) bond motifs is 1. The molecule has 2 aromatic rings. The minimum Gasteiger partial charge on any atom is -0.456 e. The molecule has 1 heterocycles. The molecule has 0 bridgehead atoms. The van der Waals surface area contributed by atoms with Crippen molar-refractivity contribution in [2.24, 2.45) is 0 Å². The summed E-state index contributed by atoms with van der Waals surface area (Å²) in [5.41, 5.74) is 3.35. The van der Waals surface area contributed by atoms with E-state index >= 15 is 0 Å². The summed E-state index contributed by atoms with van der Waals surface area (Å²) in [6.45, 7) is 11.8. The summed E-state index contributed by atoms with van der Waals surface area (Å²) in [7, 11) is 0. The van der Waals surface area contributed by atoms with Gasteiger partial charge in [-0.05, 0) is 25.5 Å². The number of rotatable bonds is 2. The van der Waals surface area contributed by atoms with Gasteiger partial charge in [0.1, 0.15) is 11.3 Å². The van der Waals surface area contributed by atoms with Crippen molar-refractivity contribution in [1.29, 1.82) is 0 Å². The monoisotopic (exact) mass is 228 g/mol. The standard InChI is InChI=1S/C14H14O.C2H6/c1-4-5-9-13-11(3)12-8-6-7-10(2)14(12)15-13;1-2/h4-9H,1H2,2-3H3;1-2H3/b9-5-;. The van der Waals surface area contributed by atoms with E-state index in [1.807, 2.05) is 26.0 Å². The van der Waals surface area contributed by atoms with Crippen LogP contribution in [-0.2, 0) is 0 Å². The van der Waals surface area contributed by atoms with Crippen LogP contribution in [0.25, 0.3) is 17.0 Å². The van der Waals surface area contributed by atoms with Gasteiger partial charge in [0.15, 0.2) is 0 Å². The van der Waals surface area contributed by atoms with E-state index in [0.29, 0.717) is 0 Å². The Morgan fingerprint density at radius 3 is 2.47 bits per heavy atom. The van der Waals surface area contributed by atoms with Crippen LogP contribution in [0.1, 0.15) is 30.7 Å². The van der Waals surface area contributed by atoms with E-state index in [-0.39, 0.29) is 0 Å². The summed E-state index contributed by atoms with van der Waals surface area (Å²) in [5, 5.41) is 1.19. The van der Waals surface area contributed by atoms with Gasteiger partial charge in [-0.25, -0.2) is 0 Å². The number of para-hydroxylation sites is 1. The SMILES string of the molecule is C=C/C=C\c1oc2c(C)cccc2c1C.CC. The molecule has 0 aliphatic heterocycles.